The Kier molecular flexibility index (Phi) is 5.29. The third kappa shape index (κ3) is 3.99. The third-order valence-corrected chi connectivity index (χ3v) is 7.13. The lowest BCUT2D eigenvalue weighted by atomic mass is 9.98. The topological polar surface area (TPSA) is 103 Å². The molecule has 0 radical (unpaired) electrons. The van der Waals surface area contributed by atoms with Crippen LogP contribution < -0.4 is 5.56 Å². The molecule has 0 bridgehead atoms. The molecule has 0 aliphatic carbocycles. The van der Waals surface area contributed by atoms with E-state index in [-0.39, 0.29) is 16.6 Å². The van der Waals surface area contributed by atoms with Crippen LogP contribution in [0.3, 0.4) is 0 Å². The molecular weight excluding hydrogens is 392 g/mol. The van der Waals surface area contributed by atoms with Crippen molar-refractivity contribution in [2.75, 3.05) is 13.1 Å². The zero-order valence-corrected chi connectivity index (χ0v) is 16.9. The number of aromatic nitrogens is 5. The van der Waals surface area contributed by atoms with Crippen LogP contribution in [0.25, 0.3) is 11.3 Å². The normalized spacial score (nSPS) is 16.2. The van der Waals surface area contributed by atoms with E-state index in [0.29, 0.717) is 38.2 Å². The van der Waals surface area contributed by atoms with Gasteiger partial charge < -0.3 is 4.57 Å². The third-order valence-electron chi connectivity index (χ3n) is 5.23. The molecule has 0 unspecified atom stereocenters. The first-order valence-corrected chi connectivity index (χ1v) is 10.8. The molecule has 29 heavy (non-hydrogen) atoms. The Hall–Kier alpha value is -2.85. The maximum absolute atomic E-state index is 12.7. The van der Waals surface area contributed by atoms with Gasteiger partial charge >= 0.3 is 0 Å². The number of piperidine rings is 1. The fourth-order valence-electron chi connectivity index (χ4n) is 3.57. The first kappa shape index (κ1) is 19.5. The van der Waals surface area contributed by atoms with E-state index in [1.807, 2.05) is 12.1 Å². The smallest absolute Gasteiger partial charge is 0.276 e. The minimum absolute atomic E-state index is 0.0584. The monoisotopic (exact) mass is 414 g/mol. The van der Waals surface area contributed by atoms with Crippen LogP contribution in [0.4, 0.5) is 0 Å². The molecule has 4 heterocycles. The fourth-order valence-corrected chi connectivity index (χ4v) is 5.11. The highest BCUT2D eigenvalue weighted by atomic mass is 32.2. The number of rotatable bonds is 5. The van der Waals surface area contributed by atoms with Gasteiger partial charge in [0.25, 0.3) is 15.6 Å². The quantitative estimate of drug-likeness (QED) is 0.620. The number of hydrogen-bond donors (Lipinski definition) is 0. The Bertz CT molecular complexity index is 1150. The van der Waals surface area contributed by atoms with E-state index in [4.69, 9.17) is 0 Å². The van der Waals surface area contributed by atoms with Crippen molar-refractivity contribution in [3.05, 3.63) is 59.7 Å². The van der Waals surface area contributed by atoms with E-state index in [0.717, 1.165) is 5.56 Å². The number of nitrogens with zero attached hydrogens (tertiary/aromatic N) is 6. The van der Waals surface area contributed by atoms with Crippen LogP contribution in [-0.2, 0) is 23.6 Å². The van der Waals surface area contributed by atoms with Crippen LogP contribution in [0, 0.1) is 5.92 Å². The summed E-state index contributed by atoms with van der Waals surface area (Å²) in [4.78, 5) is 24.8. The lowest BCUT2D eigenvalue weighted by Crippen LogP contribution is -2.40. The van der Waals surface area contributed by atoms with Crippen LogP contribution in [0.2, 0.25) is 0 Å². The van der Waals surface area contributed by atoms with Crippen molar-refractivity contribution in [2.45, 2.75) is 24.5 Å². The van der Waals surface area contributed by atoms with Gasteiger partial charge in [0.15, 0.2) is 0 Å². The summed E-state index contributed by atoms with van der Waals surface area (Å²) in [7, 11) is -1.92. The summed E-state index contributed by atoms with van der Waals surface area (Å²) in [6, 6.07) is 5.14. The molecule has 0 aromatic carbocycles. The lowest BCUT2D eigenvalue weighted by Gasteiger charge is -2.31. The number of pyridine rings is 1. The van der Waals surface area contributed by atoms with Gasteiger partial charge in [-0.15, -0.1) is 0 Å². The minimum atomic E-state index is -3.59. The highest BCUT2D eigenvalue weighted by molar-refractivity contribution is 7.89. The van der Waals surface area contributed by atoms with Gasteiger partial charge in [0, 0.05) is 63.1 Å². The Labute approximate surface area is 168 Å². The Morgan fingerprint density at radius 2 is 1.83 bits per heavy atom. The average Bonchev–Trinajstić information content (AvgIpc) is 3.17. The van der Waals surface area contributed by atoms with Crippen LogP contribution in [0.15, 0.2) is 59.3 Å². The van der Waals surface area contributed by atoms with Crippen molar-refractivity contribution in [1.82, 2.24) is 28.4 Å². The van der Waals surface area contributed by atoms with Gasteiger partial charge in [0.2, 0.25) is 5.16 Å². The van der Waals surface area contributed by atoms with Crippen LogP contribution in [0.1, 0.15) is 12.8 Å². The number of hydrogen-bond acceptors (Lipinski definition) is 6. The van der Waals surface area contributed by atoms with Gasteiger partial charge in [-0.1, -0.05) is 0 Å². The van der Waals surface area contributed by atoms with Crippen LogP contribution in [0.5, 0.6) is 0 Å². The van der Waals surface area contributed by atoms with Crippen molar-refractivity contribution >= 4 is 10.0 Å². The summed E-state index contributed by atoms with van der Waals surface area (Å²) in [6.07, 6.45) is 9.35. The first-order chi connectivity index (χ1) is 13.9. The SMILES string of the molecule is Cn1ccnc1S(=O)(=O)N1CCC(Cn2cnc(-c3ccncc3)cc2=O)CC1. The van der Waals surface area contributed by atoms with E-state index in [9.17, 15) is 13.2 Å². The average molecular weight is 414 g/mol. The molecule has 1 aliphatic heterocycles. The standard InChI is InChI=1S/C19H22N6O3S/c1-23-11-8-21-19(23)29(27,28)25-9-4-15(5-10-25)13-24-14-22-17(12-18(24)26)16-2-6-20-7-3-16/h2-3,6-8,11-12,14-15H,4-5,9-10,13H2,1H3. The molecule has 0 N–H and O–H groups in total. The van der Waals surface area contributed by atoms with E-state index < -0.39 is 10.0 Å². The predicted octanol–water partition coefficient (Wildman–Crippen LogP) is 1.14. The van der Waals surface area contributed by atoms with Gasteiger partial charge in [-0.05, 0) is 30.9 Å². The highest BCUT2D eigenvalue weighted by Crippen LogP contribution is 2.24. The molecule has 10 heteroatoms. The second kappa shape index (κ2) is 7.88. The number of imidazole rings is 1. The number of aryl methyl sites for hydroxylation is 1. The Morgan fingerprint density at radius 3 is 2.45 bits per heavy atom. The van der Waals surface area contributed by atoms with Crippen molar-refractivity contribution < 1.29 is 8.42 Å². The molecule has 0 spiro atoms. The zero-order valence-electron chi connectivity index (χ0n) is 16.0. The second-order valence-corrected chi connectivity index (χ2v) is 9.00. The van der Waals surface area contributed by atoms with Gasteiger partial charge in [0.05, 0.1) is 12.0 Å². The van der Waals surface area contributed by atoms with Crippen molar-refractivity contribution in [3.63, 3.8) is 0 Å². The summed E-state index contributed by atoms with van der Waals surface area (Å²) >= 11 is 0. The summed E-state index contributed by atoms with van der Waals surface area (Å²) in [5.41, 5.74) is 1.34. The van der Waals surface area contributed by atoms with E-state index in [1.54, 1.807) is 36.5 Å². The van der Waals surface area contributed by atoms with Crippen molar-refractivity contribution in [2.24, 2.45) is 13.0 Å². The van der Waals surface area contributed by atoms with Crippen LogP contribution >= 0.6 is 0 Å². The fraction of sp³-hybridized carbons (Fsp3) is 0.368. The summed E-state index contributed by atoms with van der Waals surface area (Å²) in [5.74, 6) is 0.217. The van der Waals surface area contributed by atoms with Gasteiger partial charge in [-0.2, -0.15) is 4.31 Å². The largest absolute Gasteiger partial charge is 0.324 e. The molecule has 4 rings (SSSR count). The summed E-state index contributed by atoms with van der Waals surface area (Å²) in [5, 5.41) is 0.0584. The van der Waals surface area contributed by atoms with E-state index >= 15 is 0 Å². The van der Waals surface area contributed by atoms with Crippen LogP contribution in [-0.4, -0.2) is 49.9 Å². The molecule has 3 aromatic heterocycles. The van der Waals surface area contributed by atoms with Gasteiger partial charge in [-0.25, -0.2) is 18.4 Å². The maximum Gasteiger partial charge on any atom is 0.276 e. The zero-order chi connectivity index (χ0) is 20.4. The van der Waals surface area contributed by atoms with E-state index in [2.05, 4.69) is 15.0 Å². The van der Waals surface area contributed by atoms with Crippen molar-refractivity contribution in [1.29, 1.82) is 0 Å². The molecular formula is C19H22N6O3S. The molecule has 1 fully saturated rings. The minimum Gasteiger partial charge on any atom is -0.324 e. The molecule has 0 amide bonds. The maximum atomic E-state index is 12.7. The highest BCUT2D eigenvalue weighted by Gasteiger charge is 2.32. The van der Waals surface area contributed by atoms with Crippen molar-refractivity contribution in [3.8, 4) is 11.3 Å². The molecule has 152 valence electrons. The van der Waals surface area contributed by atoms with Gasteiger partial charge in [-0.3, -0.25) is 14.3 Å². The summed E-state index contributed by atoms with van der Waals surface area (Å²) in [6.45, 7) is 1.35. The Morgan fingerprint density at radius 1 is 1.10 bits per heavy atom. The lowest BCUT2D eigenvalue weighted by molar-refractivity contribution is 0.249. The number of sulfonamides is 1. The second-order valence-electron chi connectivity index (χ2n) is 7.17. The predicted molar refractivity (Wildman–Crippen MR) is 106 cm³/mol. The molecule has 0 atom stereocenters. The van der Waals surface area contributed by atoms with Gasteiger partial charge in [0.1, 0.15) is 0 Å². The first-order valence-electron chi connectivity index (χ1n) is 9.39. The molecule has 0 saturated carbocycles. The Balaban J connectivity index is 1.41. The molecule has 3 aromatic rings. The molecule has 1 saturated heterocycles. The molecule has 9 nitrogen and oxygen atoms in total. The molecule has 1 aliphatic rings. The van der Waals surface area contributed by atoms with E-state index in [1.165, 1.54) is 21.1 Å². The summed E-state index contributed by atoms with van der Waals surface area (Å²) < 4.78 is 30.0.